The van der Waals surface area contributed by atoms with Gasteiger partial charge < -0.3 is 15.5 Å². The van der Waals surface area contributed by atoms with Gasteiger partial charge in [-0.25, -0.2) is 4.99 Å². The minimum absolute atomic E-state index is 0. The molecule has 0 aliphatic carbocycles. The van der Waals surface area contributed by atoms with Crippen molar-refractivity contribution in [3.05, 3.63) is 66.2 Å². The fourth-order valence-corrected chi connectivity index (χ4v) is 3.12. The molecule has 0 spiro atoms. The number of guanidine groups is 1. The van der Waals surface area contributed by atoms with Gasteiger partial charge in [0.25, 0.3) is 0 Å². The molecule has 0 heterocycles. The predicted molar refractivity (Wildman–Crippen MR) is 130 cm³/mol. The average Bonchev–Trinajstić information content (AvgIpc) is 2.70. The van der Waals surface area contributed by atoms with E-state index in [4.69, 9.17) is 0 Å². The maximum absolute atomic E-state index is 11.9. The van der Waals surface area contributed by atoms with Gasteiger partial charge in [0.15, 0.2) is 5.96 Å². The molecular formula is C21H29IN4OS. The molecule has 2 rings (SSSR count). The first-order valence-corrected chi connectivity index (χ1v) is 10.0. The highest BCUT2D eigenvalue weighted by atomic mass is 127. The number of aliphatic imine (C=N–C) groups is 1. The number of carbonyl (C=O) groups excluding carboxylic acids is 1. The molecule has 1 atom stereocenters. The summed E-state index contributed by atoms with van der Waals surface area (Å²) in [4.78, 5) is 19.1. The molecule has 7 heteroatoms. The highest BCUT2D eigenvalue weighted by Gasteiger charge is 2.09. The lowest BCUT2D eigenvalue weighted by Gasteiger charge is -2.19. The molecule has 0 fully saturated rings. The summed E-state index contributed by atoms with van der Waals surface area (Å²) in [5, 5.41) is 6.72. The van der Waals surface area contributed by atoms with Crippen LogP contribution >= 0.6 is 35.7 Å². The van der Waals surface area contributed by atoms with Gasteiger partial charge in [0.2, 0.25) is 5.91 Å². The number of nitrogens with one attached hydrogen (secondary N) is 2. The van der Waals surface area contributed by atoms with Crippen LogP contribution in [0.1, 0.15) is 18.5 Å². The Morgan fingerprint density at radius 3 is 2.29 bits per heavy atom. The zero-order valence-corrected chi connectivity index (χ0v) is 19.7. The van der Waals surface area contributed by atoms with Crippen LogP contribution in [0.25, 0.3) is 0 Å². The van der Waals surface area contributed by atoms with Crippen molar-refractivity contribution >= 4 is 47.6 Å². The number of nitrogens with zero attached hydrogens (tertiary/aromatic N) is 2. The van der Waals surface area contributed by atoms with E-state index in [2.05, 4.69) is 46.8 Å². The summed E-state index contributed by atoms with van der Waals surface area (Å²) in [6, 6.07) is 20.6. The smallest absolute Gasteiger partial charge is 0.243 e. The van der Waals surface area contributed by atoms with Crippen molar-refractivity contribution in [2.75, 3.05) is 32.9 Å². The van der Waals surface area contributed by atoms with Crippen LogP contribution in [-0.4, -0.2) is 49.7 Å². The van der Waals surface area contributed by atoms with E-state index >= 15 is 0 Å². The van der Waals surface area contributed by atoms with Crippen molar-refractivity contribution in [1.82, 2.24) is 15.5 Å². The Hall–Kier alpha value is -1.74. The van der Waals surface area contributed by atoms with E-state index in [0.717, 1.165) is 12.3 Å². The van der Waals surface area contributed by atoms with Gasteiger partial charge >= 0.3 is 0 Å². The topological polar surface area (TPSA) is 56.7 Å². The Labute approximate surface area is 189 Å². The number of likely N-dealkylation sites (N-methyl/N-ethyl adjacent to an activating group) is 1. The van der Waals surface area contributed by atoms with Crippen LogP contribution < -0.4 is 10.6 Å². The maximum Gasteiger partial charge on any atom is 0.243 e. The molecule has 1 unspecified atom stereocenters. The highest BCUT2D eigenvalue weighted by molar-refractivity contribution is 14.0. The molecule has 152 valence electrons. The first-order chi connectivity index (χ1) is 13.1. The summed E-state index contributed by atoms with van der Waals surface area (Å²) in [6.07, 6.45) is 0. The second-order valence-corrected chi connectivity index (χ2v) is 7.49. The Kier molecular flexibility index (Phi) is 11.7. The number of thioether (sulfide) groups is 1. The van der Waals surface area contributed by atoms with E-state index in [0.29, 0.717) is 5.96 Å². The van der Waals surface area contributed by atoms with Crippen LogP contribution in [0.15, 0.2) is 70.6 Å². The lowest BCUT2D eigenvalue weighted by Crippen LogP contribution is -2.40. The summed E-state index contributed by atoms with van der Waals surface area (Å²) in [7, 11) is 3.48. The third-order valence-corrected chi connectivity index (χ3v) is 4.94. The fraction of sp³-hybridized carbons (Fsp3) is 0.333. The number of carbonyl (C=O) groups is 1. The lowest BCUT2D eigenvalue weighted by atomic mass is 10.1. The van der Waals surface area contributed by atoms with Crippen molar-refractivity contribution < 1.29 is 4.79 Å². The SMILES string of the molecule is CC(NC(=NCC(=O)N(C)C)NCCSc1ccccc1)c1ccccc1.I. The quantitative estimate of drug-likeness (QED) is 0.186. The fourth-order valence-electron chi connectivity index (χ4n) is 2.33. The van der Waals surface area contributed by atoms with Gasteiger partial charge in [-0.05, 0) is 24.6 Å². The van der Waals surface area contributed by atoms with Crippen LogP contribution in [0.2, 0.25) is 0 Å². The number of halogens is 1. The molecule has 2 aromatic carbocycles. The van der Waals surface area contributed by atoms with Gasteiger partial charge in [0.05, 0.1) is 6.04 Å². The molecule has 2 aromatic rings. The van der Waals surface area contributed by atoms with Gasteiger partial charge in [-0.2, -0.15) is 0 Å². The van der Waals surface area contributed by atoms with Gasteiger partial charge in [0.1, 0.15) is 6.54 Å². The second-order valence-electron chi connectivity index (χ2n) is 6.32. The molecule has 0 aliphatic heterocycles. The summed E-state index contributed by atoms with van der Waals surface area (Å²) in [5.74, 6) is 1.53. The molecular weight excluding hydrogens is 483 g/mol. The largest absolute Gasteiger partial charge is 0.356 e. The number of hydrogen-bond donors (Lipinski definition) is 2. The zero-order chi connectivity index (χ0) is 19.5. The van der Waals surface area contributed by atoms with E-state index in [-0.39, 0.29) is 42.5 Å². The Morgan fingerprint density at radius 2 is 1.68 bits per heavy atom. The molecule has 0 radical (unpaired) electrons. The lowest BCUT2D eigenvalue weighted by molar-refractivity contribution is -0.127. The van der Waals surface area contributed by atoms with E-state index in [1.807, 2.05) is 36.4 Å². The van der Waals surface area contributed by atoms with Crippen LogP contribution in [0, 0.1) is 0 Å². The minimum Gasteiger partial charge on any atom is -0.356 e. The van der Waals surface area contributed by atoms with Gasteiger partial charge in [-0.3, -0.25) is 4.79 Å². The molecule has 0 bridgehead atoms. The summed E-state index contributed by atoms with van der Waals surface area (Å²) in [5.41, 5.74) is 1.17. The first-order valence-electron chi connectivity index (χ1n) is 9.04. The van der Waals surface area contributed by atoms with Crippen molar-refractivity contribution in [2.24, 2.45) is 4.99 Å². The van der Waals surface area contributed by atoms with Gasteiger partial charge in [0, 0.05) is 31.3 Å². The first kappa shape index (κ1) is 24.3. The Morgan fingerprint density at radius 1 is 1.07 bits per heavy atom. The molecule has 0 aliphatic rings. The third-order valence-electron chi connectivity index (χ3n) is 3.93. The number of benzene rings is 2. The molecule has 2 N–H and O–H groups in total. The van der Waals surface area contributed by atoms with Crippen molar-refractivity contribution in [2.45, 2.75) is 17.9 Å². The molecule has 0 saturated carbocycles. The van der Waals surface area contributed by atoms with Crippen molar-refractivity contribution in [3.63, 3.8) is 0 Å². The normalized spacial score (nSPS) is 11.9. The number of amides is 1. The van der Waals surface area contributed by atoms with Gasteiger partial charge in [-0.15, -0.1) is 35.7 Å². The zero-order valence-electron chi connectivity index (χ0n) is 16.6. The maximum atomic E-state index is 11.9. The molecule has 5 nitrogen and oxygen atoms in total. The highest BCUT2D eigenvalue weighted by Crippen LogP contribution is 2.16. The van der Waals surface area contributed by atoms with Crippen LogP contribution in [0.4, 0.5) is 0 Å². The van der Waals surface area contributed by atoms with Gasteiger partial charge in [-0.1, -0.05) is 48.5 Å². The van der Waals surface area contributed by atoms with E-state index in [1.165, 1.54) is 10.5 Å². The van der Waals surface area contributed by atoms with Crippen molar-refractivity contribution in [1.29, 1.82) is 0 Å². The Balaban J connectivity index is 0.00000392. The molecule has 1 amide bonds. The average molecular weight is 512 g/mol. The Bertz CT molecular complexity index is 726. The van der Waals surface area contributed by atoms with Crippen LogP contribution in [-0.2, 0) is 4.79 Å². The minimum atomic E-state index is -0.0258. The predicted octanol–water partition coefficient (Wildman–Crippen LogP) is 3.78. The van der Waals surface area contributed by atoms with E-state index in [1.54, 1.807) is 30.8 Å². The monoisotopic (exact) mass is 512 g/mol. The third kappa shape index (κ3) is 8.97. The van der Waals surface area contributed by atoms with Crippen molar-refractivity contribution in [3.8, 4) is 0 Å². The van der Waals surface area contributed by atoms with Crippen LogP contribution in [0.3, 0.4) is 0 Å². The standard InChI is InChI=1S/C21H28N4OS.HI/c1-17(18-10-6-4-7-11-18)24-21(23-16-20(26)25(2)3)22-14-15-27-19-12-8-5-9-13-19;/h4-13,17H,14-16H2,1-3H3,(H2,22,23,24);1H. The summed E-state index contributed by atoms with van der Waals surface area (Å²) < 4.78 is 0. The van der Waals surface area contributed by atoms with E-state index < -0.39 is 0 Å². The molecule has 0 saturated heterocycles. The molecule has 28 heavy (non-hydrogen) atoms. The number of hydrogen-bond acceptors (Lipinski definition) is 3. The van der Waals surface area contributed by atoms with Crippen LogP contribution in [0.5, 0.6) is 0 Å². The molecule has 0 aromatic heterocycles. The summed E-state index contributed by atoms with van der Waals surface area (Å²) >= 11 is 1.79. The number of rotatable bonds is 8. The second kappa shape index (κ2) is 13.4. The van der Waals surface area contributed by atoms with E-state index in [9.17, 15) is 4.79 Å². The summed E-state index contributed by atoms with van der Waals surface area (Å²) in [6.45, 7) is 2.96.